The molecule has 1 aliphatic carbocycles. The van der Waals surface area contributed by atoms with Gasteiger partial charge in [-0.3, -0.25) is 9.59 Å². The third-order valence-electron chi connectivity index (χ3n) is 5.53. The minimum Gasteiger partial charge on any atom is -0.493 e. The summed E-state index contributed by atoms with van der Waals surface area (Å²) in [7, 11) is 2.86. The summed E-state index contributed by atoms with van der Waals surface area (Å²) in [4.78, 5) is 37.5. The zero-order chi connectivity index (χ0) is 23.1. The van der Waals surface area contributed by atoms with Crippen molar-refractivity contribution < 1.29 is 33.0 Å². The smallest absolute Gasteiger partial charge is 0.340 e. The van der Waals surface area contributed by atoms with E-state index in [1.165, 1.54) is 38.7 Å². The van der Waals surface area contributed by atoms with Crippen molar-refractivity contribution in [2.45, 2.75) is 38.6 Å². The molecule has 1 heterocycles. The lowest BCUT2D eigenvalue weighted by Crippen LogP contribution is -2.42. The molecule has 9 nitrogen and oxygen atoms in total. The lowest BCUT2D eigenvalue weighted by atomic mass is 9.86. The van der Waals surface area contributed by atoms with Crippen LogP contribution in [0.1, 0.15) is 53.5 Å². The number of hydrogen-bond acceptors (Lipinski definition) is 7. The van der Waals surface area contributed by atoms with Crippen LogP contribution < -0.4 is 20.1 Å². The van der Waals surface area contributed by atoms with Crippen LogP contribution in [0, 0.1) is 5.92 Å². The van der Waals surface area contributed by atoms with Crippen LogP contribution in [0.5, 0.6) is 11.5 Å². The number of methoxy groups -OCH3 is 2. The molecule has 1 saturated carbocycles. The van der Waals surface area contributed by atoms with Crippen molar-refractivity contribution in [3.8, 4) is 11.5 Å². The second kappa shape index (κ2) is 10.7. The highest BCUT2D eigenvalue weighted by molar-refractivity contribution is 6.07. The maximum absolute atomic E-state index is 12.8. The lowest BCUT2D eigenvalue weighted by molar-refractivity contribution is -0.125. The largest absolute Gasteiger partial charge is 0.493 e. The molecule has 0 saturated heterocycles. The lowest BCUT2D eigenvalue weighted by Gasteiger charge is -2.29. The van der Waals surface area contributed by atoms with Gasteiger partial charge in [0, 0.05) is 18.2 Å². The van der Waals surface area contributed by atoms with Crippen LogP contribution in [0.3, 0.4) is 0 Å². The second-order valence-corrected chi connectivity index (χ2v) is 7.70. The number of benzene rings is 1. The molecule has 2 atom stereocenters. The number of nitrogens with one attached hydrogen (secondary N) is 2. The van der Waals surface area contributed by atoms with Crippen LogP contribution in [0.25, 0.3) is 0 Å². The standard InChI is InChI=1S/C23H28N2O7/c1-14-7-4-5-8-16(14)24-21(26)13-32-23(28)15-11-19(29-2)20(30-3)12-17(15)25-22(27)18-9-6-10-31-18/h6,9-12,14,16H,4-5,7-8,13H2,1-3H3,(H,24,26)(H,25,27). The molecule has 1 fully saturated rings. The zero-order valence-electron chi connectivity index (χ0n) is 18.4. The van der Waals surface area contributed by atoms with Crippen molar-refractivity contribution in [1.29, 1.82) is 0 Å². The summed E-state index contributed by atoms with van der Waals surface area (Å²) in [5.74, 6) is -0.664. The van der Waals surface area contributed by atoms with E-state index in [2.05, 4.69) is 17.6 Å². The molecule has 2 aromatic rings. The Kier molecular flexibility index (Phi) is 7.75. The van der Waals surface area contributed by atoms with E-state index in [4.69, 9.17) is 18.6 Å². The van der Waals surface area contributed by atoms with Crippen molar-refractivity contribution in [3.05, 3.63) is 41.9 Å². The number of esters is 1. The molecule has 0 spiro atoms. The predicted octanol–water partition coefficient (Wildman–Crippen LogP) is 3.40. The number of anilines is 1. The van der Waals surface area contributed by atoms with E-state index in [9.17, 15) is 14.4 Å². The third-order valence-corrected chi connectivity index (χ3v) is 5.53. The Bertz CT molecular complexity index is 956. The van der Waals surface area contributed by atoms with Gasteiger partial charge in [0.1, 0.15) is 0 Å². The van der Waals surface area contributed by atoms with Crippen LogP contribution in [-0.2, 0) is 9.53 Å². The highest BCUT2D eigenvalue weighted by Crippen LogP contribution is 2.34. The highest BCUT2D eigenvalue weighted by atomic mass is 16.5. The van der Waals surface area contributed by atoms with Crippen molar-refractivity contribution >= 4 is 23.5 Å². The van der Waals surface area contributed by atoms with Crippen molar-refractivity contribution in [1.82, 2.24) is 5.32 Å². The Morgan fingerprint density at radius 2 is 1.81 bits per heavy atom. The minimum absolute atomic E-state index is 0.0152. The molecular weight excluding hydrogens is 416 g/mol. The van der Waals surface area contributed by atoms with E-state index in [0.717, 1.165) is 25.7 Å². The van der Waals surface area contributed by atoms with Gasteiger partial charge in [-0.25, -0.2) is 4.79 Å². The van der Waals surface area contributed by atoms with E-state index in [1.807, 2.05) is 0 Å². The quantitative estimate of drug-likeness (QED) is 0.600. The Labute approximate surface area is 186 Å². The van der Waals surface area contributed by atoms with Crippen LogP contribution in [-0.4, -0.2) is 44.7 Å². The van der Waals surface area contributed by atoms with Crippen molar-refractivity contribution in [3.63, 3.8) is 0 Å². The Hall–Kier alpha value is -3.49. The maximum atomic E-state index is 12.8. The first-order valence-corrected chi connectivity index (χ1v) is 10.5. The molecule has 172 valence electrons. The summed E-state index contributed by atoms with van der Waals surface area (Å²) >= 11 is 0. The Morgan fingerprint density at radius 1 is 1.09 bits per heavy atom. The molecular formula is C23H28N2O7. The van der Waals surface area contributed by atoms with Gasteiger partial charge in [0.05, 0.1) is 31.7 Å². The number of carbonyl (C=O) groups excluding carboxylic acids is 3. The van der Waals surface area contributed by atoms with Crippen molar-refractivity contribution in [2.24, 2.45) is 5.92 Å². The average molecular weight is 444 g/mol. The minimum atomic E-state index is -0.785. The molecule has 0 bridgehead atoms. The topological polar surface area (TPSA) is 116 Å². The molecule has 32 heavy (non-hydrogen) atoms. The van der Waals surface area contributed by atoms with Gasteiger partial charge >= 0.3 is 5.97 Å². The van der Waals surface area contributed by atoms with Gasteiger partial charge in [-0.05, 0) is 30.9 Å². The summed E-state index contributed by atoms with van der Waals surface area (Å²) < 4.78 is 20.8. The fourth-order valence-corrected chi connectivity index (χ4v) is 3.73. The van der Waals surface area contributed by atoms with Gasteiger partial charge in [-0.2, -0.15) is 0 Å². The summed E-state index contributed by atoms with van der Waals surface area (Å²) in [6.07, 6.45) is 5.58. The van der Waals surface area contributed by atoms with Gasteiger partial charge in [0.25, 0.3) is 11.8 Å². The first kappa shape index (κ1) is 23.2. The van der Waals surface area contributed by atoms with Crippen LogP contribution >= 0.6 is 0 Å². The van der Waals surface area contributed by atoms with Gasteiger partial charge in [0.2, 0.25) is 0 Å². The monoisotopic (exact) mass is 444 g/mol. The van der Waals surface area contributed by atoms with Gasteiger partial charge in [-0.15, -0.1) is 0 Å². The van der Waals surface area contributed by atoms with Crippen molar-refractivity contribution in [2.75, 3.05) is 26.1 Å². The van der Waals surface area contributed by atoms with E-state index in [-0.39, 0.29) is 34.7 Å². The number of rotatable bonds is 8. The average Bonchev–Trinajstić information content (AvgIpc) is 3.34. The number of furan rings is 1. The SMILES string of the molecule is COc1cc(NC(=O)c2ccco2)c(C(=O)OCC(=O)NC2CCCCC2C)cc1OC. The normalized spacial score (nSPS) is 17.8. The van der Waals surface area contributed by atoms with Gasteiger partial charge in [-0.1, -0.05) is 19.8 Å². The number of amides is 2. The molecule has 2 N–H and O–H groups in total. The van der Waals surface area contributed by atoms with E-state index in [0.29, 0.717) is 11.7 Å². The summed E-state index contributed by atoms with van der Waals surface area (Å²) in [6, 6.07) is 5.98. The van der Waals surface area contributed by atoms with Crippen LogP contribution in [0.15, 0.2) is 34.9 Å². The number of hydrogen-bond donors (Lipinski definition) is 2. The van der Waals surface area contributed by atoms with Gasteiger partial charge in [0.15, 0.2) is 23.9 Å². The van der Waals surface area contributed by atoms with Crippen LogP contribution in [0.2, 0.25) is 0 Å². The number of ether oxygens (including phenoxy) is 3. The first-order valence-electron chi connectivity index (χ1n) is 10.5. The summed E-state index contributed by atoms with van der Waals surface area (Å²) in [6.45, 7) is 1.68. The Morgan fingerprint density at radius 3 is 2.47 bits per heavy atom. The molecule has 3 rings (SSSR count). The third kappa shape index (κ3) is 5.60. The molecule has 1 aromatic heterocycles. The molecule has 0 aliphatic heterocycles. The molecule has 0 radical (unpaired) electrons. The fraction of sp³-hybridized carbons (Fsp3) is 0.435. The van der Waals surface area contributed by atoms with E-state index < -0.39 is 18.5 Å². The highest BCUT2D eigenvalue weighted by Gasteiger charge is 2.25. The fourth-order valence-electron chi connectivity index (χ4n) is 3.73. The molecule has 2 unspecified atom stereocenters. The predicted molar refractivity (Wildman–Crippen MR) is 116 cm³/mol. The van der Waals surface area contributed by atoms with E-state index in [1.54, 1.807) is 6.07 Å². The first-order chi connectivity index (χ1) is 15.4. The second-order valence-electron chi connectivity index (χ2n) is 7.70. The van der Waals surface area contributed by atoms with Gasteiger partial charge < -0.3 is 29.3 Å². The summed E-state index contributed by atoms with van der Waals surface area (Å²) in [5.41, 5.74) is 0.150. The molecule has 2 amide bonds. The number of carbonyl (C=O) groups is 3. The zero-order valence-corrected chi connectivity index (χ0v) is 18.4. The van der Waals surface area contributed by atoms with Crippen LogP contribution in [0.4, 0.5) is 5.69 Å². The van der Waals surface area contributed by atoms with E-state index >= 15 is 0 Å². The summed E-state index contributed by atoms with van der Waals surface area (Å²) in [5, 5.41) is 5.55. The molecule has 1 aliphatic rings. The maximum Gasteiger partial charge on any atom is 0.340 e. The Balaban J connectivity index is 1.73. The molecule has 1 aromatic carbocycles. The molecule has 9 heteroatoms.